The summed E-state index contributed by atoms with van der Waals surface area (Å²) in [6, 6.07) is 50.0. The maximum absolute atomic E-state index is 9.28. The first-order valence-electron chi connectivity index (χ1n) is 18.7. The number of rotatable bonds is 6. The normalized spacial score (nSPS) is 11.8. The first kappa shape index (κ1) is 36.9. The van der Waals surface area contributed by atoms with Crippen molar-refractivity contribution in [1.29, 1.82) is 5.41 Å². The molecule has 3 aromatic heterocycles. The van der Waals surface area contributed by atoms with Crippen LogP contribution in [0.5, 0.6) is 0 Å². The maximum Gasteiger partial charge on any atom is 2.00 e. The first-order chi connectivity index (χ1) is 26.7. The van der Waals surface area contributed by atoms with Crippen molar-refractivity contribution in [3.8, 4) is 22.6 Å². The van der Waals surface area contributed by atoms with E-state index in [-0.39, 0.29) is 26.9 Å². The number of aryl methyl sites for hydroxylation is 4. The van der Waals surface area contributed by atoms with Crippen molar-refractivity contribution < 1.29 is 21.1 Å². The third kappa shape index (κ3) is 6.54. The summed E-state index contributed by atoms with van der Waals surface area (Å²) in [6.07, 6.45) is 2.82. The molecule has 0 saturated heterocycles. The van der Waals surface area contributed by atoms with Gasteiger partial charge in [-0.2, -0.15) is 6.07 Å². The molecule has 0 bridgehead atoms. The average molecular weight is 908 g/mol. The molecule has 0 radical (unpaired) electrons. The molecule has 0 saturated carbocycles. The van der Waals surface area contributed by atoms with Gasteiger partial charge in [0.25, 0.3) is 0 Å². The van der Waals surface area contributed by atoms with Gasteiger partial charge in [-0.3, -0.25) is 4.99 Å². The summed E-state index contributed by atoms with van der Waals surface area (Å²) in [7, 11) is 0. The van der Waals surface area contributed by atoms with E-state index in [9.17, 15) is 5.41 Å². The summed E-state index contributed by atoms with van der Waals surface area (Å²) in [5, 5.41) is 17.2. The van der Waals surface area contributed by atoms with Crippen LogP contribution in [0, 0.1) is 38.3 Å². The van der Waals surface area contributed by atoms with E-state index in [0.29, 0.717) is 11.4 Å². The molecule has 6 nitrogen and oxygen atoms in total. The number of pyridine rings is 1. The Morgan fingerprint density at radius 3 is 2.05 bits per heavy atom. The summed E-state index contributed by atoms with van der Waals surface area (Å²) in [5.74, 6) is 1.63. The van der Waals surface area contributed by atoms with Crippen molar-refractivity contribution in [2.24, 2.45) is 4.99 Å². The molecule has 9 rings (SSSR count). The van der Waals surface area contributed by atoms with Crippen LogP contribution in [0.15, 0.2) is 133 Å². The Kier molecular flexibility index (Phi) is 9.78. The van der Waals surface area contributed by atoms with E-state index in [1.807, 2.05) is 55.6 Å². The molecule has 0 atom stereocenters. The smallest absolute Gasteiger partial charge is 0.352 e. The van der Waals surface area contributed by atoms with E-state index in [2.05, 4.69) is 133 Å². The van der Waals surface area contributed by atoms with Crippen LogP contribution in [0.4, 0.5) is 5.69 Å². The van der Waals surface area contributed by atoms with Crippen molar-refractivity contribution in [2.75, 3.05) is 5.32 Å². The minimum atomic E-state index is 0. The van der Waals surface area contributed by atoms with Crippen molar-refractivity contribution in [2.45, 2.75) is 41.0 Å². The predicted octanol–water partition coefficient (Wildman–Crippen LogP) is 11.9. The topological polar surface area (TPSA) is 71.0 Å². The Balaban J connectivity index is 0.00000441. The van der Waals surface area contributed by atoms with Crippen LogP contribution in [0.1, 0.15) is 41.7 Å². The van der Waals surface area contributed by atoms with E-state index in [1.54, 1.807) is 0 Å². The Morgan fingerprint density at radius 1 is 0.696 bits per heavy atom. The first-order valence-corrected chi connectivity index (χ1v) is 18.7. The minimum absolute atomic E-state index is 0. The quantitative estimate of drug-likeness (QED) is 0.0991. The molecule has 276 valence electrons. The molecular weight excluding hydrogens is 868 g/mol. The summed E-state index contributed by atoms with van der Waals surface area (Å²) in [4.78, 5) is 9.64. The van der Waals surface area contributed by atoms with Gasteiger partial charge in [0.2, 0.25) is 0 Å². The SMILES string of the molecule is CCc1ccnc(-n2c3[c-]c4c(cc3c3ccc(C)cc32)c2ccc(C)cc2n4-c2[c-]c(C(=N)N=C(C)Nc3ccccc3C)cc(-c3ccccc3)c2)c1.[Pt+2]. The van der Waals surface area contributed by atoms with Crippen LogP contribution in [0.25, 0.3) is 66.2 Å². The third-order valence-electron chi connectivity index (χ3n) is 10.5. The number of nitrogens with one attached hydrogen (secondary N) is 2. The number of anilines is 1. The van der Waals surface area contributed by atoms with Gasteiger partial charge < -0.3 is 19.9 Å². The van der Waals surface area contributed by atoms with Gasteiger partial charge in [0.05, 0.1) is 11.7 Å². The Hall–Kier alpha value is -6.10. The molecule has 3 heterocycles. The van der Waals surface area contributed by atoms with Crippen LogP contribution < -0.4 is 5.32 Å². The largest absolute Gasteiger partial charge is 2.00 e. The van der Waals surface area contributed by atoms with Crippen LogP contribution in [0.2, 0.25) is 0 Å². The fraction of sp³-hybridized carbons (Fsp3) is 0.122. The predicted molar refractivity (Wildman–Crippen MR) is 230 cm³/mol. The van der Waals surface area contributed by atoms with Gasteiger partial charge in [-0.05, 0) is 109 Å². The van der Waals surface area contributed by atoms with Gasteiger partial charge in [0.15, 0.2) is 0 Å². The number of benzene rings is 6. The summed E-state index contributed by atoms with van der Waals surface area (Å²) in [5.41, 5.74) is 13.1. The number of para-hydroxylation sites is 1. The Bertz CT molecular complexity index is 3010. The van der Waals surface area contributed by atoms with Gasteiger partial charge in [0.1, 0.15) is 5.82 Å². The molecule has 7 heteroatoms. The third-order valence-corrected chi connectivity index (χ3v) is 10.5. The van der Waals surface area contributed by atoms with Crippen molar-refractivity contribution >= 4 is 61.0 Å². The zero-order chi connectivity index (χ0) is 37.8. The van der Waals surface area contributed by atoms with E-state index in [4.69, 9.17) is 9.98 Å². The van der Waals surface area contributed by atoms with Crippen LogP contribution in [-0.4, -0.2) is 25.8 Å². The van der Waals surface area contributed by atoms with Crippen LogP contribution in [-0.2, 0) is 27.5 Å². The molecule has 56 heavy (non-hydrogen) atoms. The van der Waals surface area contributed by atoms with Gasteiger partial charge >= 0.3 is 21.1 Å². The van der Waals surface area contributed by atoms with Gasteiger partial charge in [0, 0.05) is 22.9 Å². The standard InChI is InChI=1S/C49H40N6.Pt/c1-6-34-20-21-51-48(24-34)55-45-23-31(3)17-19-40(45)42-28-41-39-18-16-30(2)22-44(39)54(46(41)29-47(42)55)38-26-36(35-13-8-7-9-14-35)25-37(27-38)49(50)53-33(5)52-43-15-11-10-12-32(43)4;/h7-26,28H,6H2,1-5H3,(H2,50,52,53);/q-2;+2. The van der Waals surface area contributed by atoms with Crippen LogP contribution >= 0.6 is 0 Å². The van der Waals surface area contributed by atoms with Gasteiger partial charge in [-0.25, -0.2) is 4.98 Å². The fourth-order valence-electron chi connectivity index (χ4n) is 7.70. The summed E-state index contributed by atoms with van der Waals surface area (Å²) in [6.45, 7) is 10.4. The maximum atomic E-state index is 9.28. The fourth-order valence-corrected chi connectivity index (χ4v) is 7.70. The molecule has 0 aliphatic carbocycles. The Morgan fingerprint density at radius 2 is 1.36 bits per heavy atom. The zero-order valence-electron chi connectivity index (χ0n) is 31.9. The van der Waals surface area contributed by atoms with Crippen LogP contribution in [0.3, 0.4) is 0 Å². The number of fused-ring (bicyclic) bond motifs is 6. The zero-order valence-corrected chi connectivity index (χ0v) is 34.2. The van der Waals surface area contributed by atoms with E-state index < -0.39 is 0 Å². The molecular formula is C49H40N6Pt. The molecule has 9 aromatic rings. The summed E-state index contributed by atoms with van der Waals surface area (Å²) >= 11 is 0. The molecule has 0 aliphatic rings. The van der Waals surface area contributed by atoms with Gasteiger partial charge in [-0.15, -0.1) is 40.6 Å². The van der Waals surface area contributed by atoms with E-state index in [0.717, 1.165) is 89.5 Å². The summed E-state index contributed by atoms with van der Waals surface area (Å²) < 4.78 is 4.51. The second-order valence-corrected chi connectivity index (χ2v) is 14.4. The second-order valence-electron chi connectivity index (χ2n) is 14.4. The molecule has 0 amide bonds. The molecule has 6 aromatic carbocycles. The Labute approximate surface area is 341 Å². The molecule has 2 N–H and O–H groups in total. The van der Waals surface area contributed by atoms with Crippen molar-refractivity contribution in [3.05, 3.63) is 167 Å². The number of aliphatic imine (C=N–C) groups is 1. The minimum Gasteiger partial charge on any atom is -0.352 e. The van der Waals surface area contributed by atoms with E-state index >= 15 is 0 Å². The number of amidine groups is 2. The van der Waals surface area contributed by atoms with E-state index in [1.165, 1.54) is 11.1 Å². The van der Waals surface area contributed by atoms with Crippen molar-refractivity contribution in [1.82, 2.24) is 14.1 Å². The van der Waals surface area contributed by atoms with Gasteiger partial charge in [-0.1, -0.05) is 96.3 Å². The molecule has 0 spiro atoms. The number of aromatic nitrogens is 3. The van der Waals surface area contributed by atoms with Crippen molar-refractivity contribution in [3.63, 3.8) is 0 Å². The second kappa shape index (κ2) is 14.9. The number of nitrogens with zero attached hydrogens (tertiary/aromatic N) is 4. The number of hydrogen-bond donors (Lipinski definition) is 2. The molecule has 0 unspecified atom stereocenters. The molecule has 0 fully saturated rings. The average Bonchev–Trinajstić information content (AvgIpc) is 3.68. The molecule has 0 aliphatic heterocycles. The monoisotopic (exact) mass is 907 g/mol. The number of hydrogen-bond acceptors (Lipinski definition) is 2.